The lowest BCUT2D eigenvalue weighted by Gasteiger charge is -2.22. The quantitative estimate of drug-likeness (QED) is 0.866. The van der Waals surface area contributed by atoms with Crippen molar-refractivity contribution in [2.45, 2.75) is 49.8 Å². The molecule has 0 amide bonds. The van der Waals surface area contributed by atoms with Crippen LogP contribution in [0.2, 0.25) is 0 Å². The van der Waals surface area contributed by atoms with E-state index in [1.165, 1.54) is 0 Å². The zero-order valence-corrected chi connectivity index (χ0v) is 13.8. The number of sulfonamides is 1. The Labute approximate surface area is 124 Å². The first-order chi connectivity index (χ1) is 9.29. The van der Waals surface area contributed by atoms with E-state index >= 15 is 0 Å². The highest BCUT2D eigenvalue weighted by molar-refractivity contribution is 8.01. The van der Waals surface area contributed by atoms with Gasteiger partial charge in [0.1, 0.15) is 16.4 Å². The number of furan rings is 1. The van der Waals surface area contributed by atoms with E-state index in [0.717, 1.165) is 18.6 Å². The van der Waals surface area contributed by atoms with Crippen LogP contribution in [-0.2, 0) is 16.6 Å². The van der Waals surface area contributed by atoms with E-state index in [2.05, 4.69) is 11.6 Å². The first-order valence-electron chi connectivity index (χ1n) is 6.72. The molecule has 1 atom stereocenters. The SMILES string of the molecule is Cc1oc(C)c(S(=O)(=O)NCC2(C)CCCS2)c1CN. The van der Waals surface area contributed by atoms with Crippen molar-refractivity contribution >= 4 is 21.8 Å². The summed E-state index contributed by atoms with van der Waals surface area (Å²) in [4.78, 5) is 0.212. The van der Waals surface area contributed by atoms with Gasteiger partial charge in [-0.25, -0.2) is 13.1 Å². The molecule has 114 valence electrons. The molecule has 1 saturated heterocycles. The molecule has 0 saturated carbocycles. The Kier molecular flexibility index (Phi) is 4.53. The standard InChI is InChI=1S/C13H22N2O3S2/c1-9-11(7-14)12(10(2)18-9)20(16,17)15-8-13(3)5-4-6-19-13/h15H,4-8,14H2,1-3H3. The second-order valence-electron chi connectivity index (χ2n) is 5.45. The van der Waals surface area contributed by atoms with Crippen molar-refractivity contribution in [3.05, 3.63) is 17.1 Å². The van der Waals surface area contributed by atoms with Crippen LogP contribution >= 0.6 is 11.8 Å². The Morgan fingerprint density at radius 2 is 2.10 bits per heavy atom. The predicted octanol–water partition coefficient (Wildman–Crippen LogP) is 1.92. The van der Waals surface area contributed by atoms with Crippen LogP contribution in [0.5, 0.6) is 0 Å². The van der Waals surface area contributed by atoms with Gasteiger partial charge in [-0.15, -0.1) is 0 Å². The van der Waals surface area contributed by atoms with Crippen LogP contribution in [0, 0.1) is 13.8 Å². The Bertz CT molecular complexity index is 587. The molecule has 1 fully saturated rings. The summed E-state index contributed by atoms with van der Waals surface area (Å²) >= 11 is 1.82. The number of thioether (sulfide) groups is 1. The van der Waals surface area contributed by atoms with Gasteiger partial charge in [0, 0.05) is 23.4 Å². The lowest BCUT2D eigenvalue weighted by molar-refractivity contribution is 0.493. The summed E-state index contributed by atoms with van der Waals surface area (Å²) < 4.78 is 33.1. The molecule has 0 radical (unpaired) electrons. The smallest absolute Gasteiger partial charge is 0.244 e. The van der Waals surface area contributed by atoms with Crippen LogP contribution in [0.25, 0.3) is 0 Å². The van der Waals surface area contributed by atoms with Crippen LogP contribution in [0.15, 0.2) is 9.31 Å². The highest BCUT2D eigenvalue weighted by Gasteiger charge is 2.33. The summed E-state index contributed by atoms with van der Waals surface area (Å²) in [6.07, 6.45) is 2.17. The van der Waals surface area contributed by atoms with Crippen molar-refractivity contribution in [2.24, 2.45) is 5.73 Å². The average molecular weight is 318 g/mol. The van der Waals surface area contributed by atoms with Gasteiger partial charge in [0.05, 0.1) is 0 Å². The first-order valence-corrected chi connectivity index (χ1v) is 9.18. The monoisotopic (exact) mass is 318 g/mol. The van der Waals surface area contributed by atoms with Gasteiger partial charge in [-0.2, -0.15) is 11.8 Å². The lowest BCUT2D eigenvalue weighted by atomic mass is 10.1. The molecule has 0 aliphatic carbocycles. The zero-order chi connectivity index (χ0) is 15.0. The zero-order valence-electron chi connectivity index (χ0n) is 12.2. The fourth-order valence-electron chi connectivity index (χ4n) is 2.59. The van der Waals surface area contributed by atoms with E-state index in [9.17, 15) is 8.42 Å². The molecule has 1 aromatic heterocycles. The van der Waals surface area contributed by atoms with Gasteiger partial charge < -0.3 is 10.2 Å². The fraction of sp³-hybridized carbons (Fsp3) is 0.692. The predicted molar refractivity (Wildman–Crippen MR) is 81.4 cm³/mol. The van der Waals surface area contributed by atoms with E-state index in [4.69, 9.17) is 10.2 Å². The number of aryl methyl sites for hydroxylation is 2. The normalized spacial score (nSPS) is 23.4. The maximum absolute atomic E-state index is 12.5. The number of rotatable bonds is 5. The molecule has 2 heterocycles. The molecular formula is C13H22N2O3S2. The van der Waals surface area contributed by atoms with E-state index in [0.29, 0.717) is 23.6 Å². The third-order valence-corrected chi connectivity index (χ3v) is 6.87. The van der Waals surface area contributed by atoms with Crippen molar-refractivity contribution in [3.63, 3.8) is 0 Å². The summed E-state index contributed by atoms with van der Waals surface area (Å²) in [7, 11) is -3.58. The lowest BCUT2D eigenvalue weighted by Crippen LogP contribution is -2.37. The number of hydrogen-bond donors (Lipinski definition) is 2. The van der Waals surface area contributed by atoms with Crippen LogP contribution in [0.4, 0.5) is 0 Å². The molecule has 7 heteroatoms. The van der Waals surface area contributed by atoms with Gasteiger partial charge in [-0.3, -0.25) is 0 Å². The van der Waals surface area contributed by atoms with Crippen LogP contribution in [0.3, 0.4) is 0 Å². The average Bonchev–Trinajstić information content (AvgIpc) is 2.91. The second-order valence-corrected chi connectivity index (χ2v) is 8.84. The molecule has 2 rings (SSSR count). The van der Waals surface area contributed by atoms with Crippen molar-refractivity contribution < 1.29 is 12.8 Å². The molecule has 0 aromatic carbocycles. The number of nitrogens with one attached hydrogen (secondary N) is 1. The molecular weight excluding hydrogens is 296 g/mol. The minimum atomic E-state index is -3.58. The van der Waals surface area contributed by atoms with Gasteiger partial charge in [-0.1, -0.05) is 0 Å². The summed E-state index contributed by atoms with van der Waals surface area (Å²) in [5.41, 5.74) is 6.22. The Morgan fingerprint density at radius 1 is 1.40 bits per heavy atom. The van der Waals surface area contributed by atoms with Crippen LogP contribution in [-0.4, -0.2) is 25.5 Å². The fourth-order valence-corrected chi connectivity index (χ4v) is 5.55. The van der Waals surface area contributed by atoms with Crippen molar-refractivity contribution in [1.29, 1.82) is 0 Å². The maximum atomic E-state index is 12.5. The molecule has 1 aromatic rings. The minimum absolute atomic E-state index is 0.0113. The molecule has 0 spiro atoms. The first kappa shape index (κ1) is 15.9. The summed E-state index contributed by atoms with van der Waals surface area (Å²) in [6, 6.07) is 0. The second kappa shape index (κ2) is 5.71. The van der Waals surface area contributed by atoms with Gasteiger partial charge in [0.15, 0.2) is 0 Å². The number of hydrogen-bond acceptors (Lipinski definition) is 5. The van der Waals surface area contributed by atoms with Crippen molar-refractivity contribution in [3.8, 4) is 0 Å². The molecule has 5 nitrogen and oxygen atoms in total. The molecule has 0 bridgehead atoms. The third kappa shape index (κ3) is 3.05. The van der Waals surface area contributed by atoms with Crippen molar-refractivity contribution in [1.82, 2.24) is 4.72 Å². The Morgan fingerprint density at radius 3 is 2.65 bits per heavy atom. The highest BCUT2D eigenvalue weighted by atomic mass is 32.2. The summed E-state index contributed by atoms with van der Waals surface area (Å²) in [6.45, 7) is 6.10. The number of nitrogens with two attached hydrogens (primary N) is 1. The van der Waals surface area contributed by atoms with Gasteiger partial charge in [0.25, 0.3) is 0 Å². The highest BCUT2D eigenvalue weighted by Crippen LogP contribution is 2.37. The summed E-state index contributed by atoms with van der Waals surface area (Å²) in [5, 5.41) is 0. The topological polar surface area (TPSA) is 85.3 Å². The van der Waals surface area contributed by atoms with Gasteiger partial charge >= 0.3 is 0 Å². The van der Waals surface area contributed by atoms with Gasteiger partial charge in [0.2, 0.25) is 10.0 Å². The molecule has 1 aliphatic heterocycles. The molecule has 20 heavy (non-hydrogen) atoms. The van der Waals surface area contributed by atoms with E-state index < -0.39 is 10.0 Å². The third-order valence-electron chi connectivity index (χ3n) is 3.73. The Balaban J connectivity index is 2.22. The van der Waals surface area contributed by atoms with Gasteiger partial charge in [-0.05, 0) is 39.4 Å². The van der Waals surface area contributed by atoms with Crippen LogP contribution < -0.4 is 10.5 Å². The molecule has 1 aliphatic rings. The summed E-state index contributed by atoms with van der Waals surface area (Å²) in [5.74, 6) is 2.07. The van der Waals surface area contributed by atoms with E-state index in [1.807, 2.05) is 11.8 Å². The van der Waals surface area contributed by atoms with Crippen LogP contribution in [0.1, 0.15) is 36.8 Å². The van der Waals surface area contributed by atoms with E-state index in [-0.39, 0.29) is 16.2 Å². The van der Waals surface area contributed by atoms with Crippen molar-refractivity contribution in [2.75, 3.05) is 12.3 Å². The largest absolute Gasteiger partial charge is 0.465 e. The Hall–Kier alpha value is -0.500. The molecule has 1 unspecified atom stereocenters. The minimum Gasteiger partial charge on any atom is -0.465 e. The maximum Gasteiger partial charge on any atom is 0.244 e. The molecule has 3 N–H and O–H groups in total. The van der Waals surface area contributed by atoms with E-state index in [1.54, 1.807) is 13.8 Å².